The Balaban J connectivity index is 2.38. The molecule has 0 aromatic carbocycles. The summed E-state index contributed by atoms with van der Waals surface area (Å²) in [6, 6.07) is 1.71. The van der Waals surface area contributed by atoms with E-state index in [0.717, 1.165) is 12.0 Å². The molecule has 0 atom stereocenters. The van der Waals surface area contributed by atoms with Gasteiger partial charge in [0.2, 0.25) is 0 Å². The first kappa shape index (κ1) is 7.76. The van der Waals surface area contributed by atoms with Crippen molar-refractivity contribution >= 4 is 17.3 Å². The molecule has 0 saturated carbocycles. The normalized spacial score (nSPS) is 15.7. The minimum atomic E-state index is -0.839. The summed E-state index contributed by atoms with van der Waals surface area (Å²) < 4.78 is 5.20. The monoisotopic (exact) mass is 184 g/mol. The molecule has 0 amide bonds. The summed E-state index contributed by atoms with van der Waals surface area (Å²) in [5.74, 6) is -0.839. The second-order valence-electron chi connectivity index (χ2n) is 2.67. The molecule has 64 valence electrons. The van der Waals surface area contributed by atoms with Crippen molar-refractivity contribution in [3.8, 4) is 0 Å². The summed E-state index contributed by atoms with van der Waals surface area (Å²) in [5.41, 5.74) is 1.05. The maximum absolute atomic E-state index is 10.6. The Morgan fingerprint density at radius 2 is 2.50 bits per heavy atom. The Morgan fingerprint density at radius 3 is 3.17 bits per heavy atom. The van der Waals surface area contributed by atoms with Gasteiger partial charge in [0.1, 0.15) is 4.88 Å². The van der Waals surface area contributed by atoms with Gasteiger partial charge in [-0.05, 0) is 11.6 Å². The van der Waals surface area contributed by atoms with Gasteiger partial charge in [0.15, 0.2) is 0 Å². The van der Waals surface area contributed by atoms with Gasteiger partial charge in [-0.25, -0.2) is 4.79 Å². The Kier molecular flexibility index (Phi) is 1.86. The third-order valence-electron chi connectivity index (χ3n) is 1.84. The topological polar surface area (TPSA) is 46.5 Å². The van der Waals surface area contributed by atoms with Crippen LogP contribution >= 0.6 is 11.3 Å². The van der Waals surface area contributed by atoms with E-state index >= 15 is 0 Å². The summed E-state index contributed by atoms with van der Waals surface area (Å²) in [4.78, 5) is 12.2. The molecule has 1 aliphatic rings. The number of thiophene rings is 1. The Labute approximate surface area is 73.6 Å². The number of carbonyl (C=O) groups is 1. The maximum atomic E-state index is 10.6. The van der Waals surface area contributed by atoms with E-state index in [0.29, 0.717) is 18.1 Å². The first-order valence-electron chi connectivity index (χ1n) is 3.70. The quantitative estimate of drug-likeness (QED) is 0.719. The van der Waals surface area contributed by atoms with Crippen LogP contribution in [0.25, 0.3) is 0 Å². The largest absolute Gasteiger partial charge is 0.477 e. The summed E-state index contributed by atoms with van der Waals surface area (Å²) >= 11 is 1.36. The molecule has 0 radical (unpaired) electrons. The predicted molar refractivity (Wildman–Crippen MR) is 44.6 cm³/mol. The molecule has 0 saturated heterocycles. The van der Waals surface area contributed by atoms with Crippen LogP contribution in [0.3, 0.4) is 0 Å². The highest BCUT2D eigenvalue weighted by molar-refractivity contribution is 7.14. The van der Waals surface area contributed by atoms with Crippen LogP contribution in [-0.2, 0) is 17.8 Å². The van der Waals surface area contributed by atoms with Gasteiger partial charge in [0.25, 0.3) is 0 Å². The third kappa shape index (κ3) is 1.23. The van der Waals surface area contributed by atoms with Gasteiger partial charge >= 0.3 is 5.97 Å². The lowest BCUT2D eigenvalue weighted by Crippen LogP contribution is -2.05. The molecule has 0 bridgehead atoms. The molecule has 0 unspecified atom stereocenters. The molecule has 4 heteroatoms. The van der Waals surface area contributed by atoms with Crippen LogP contribution in [0.5, 0.6) is 0 Å². The van der Waals surface area contributed by atoms with Crippen molar-refractivity contribution in [1.82, 2.24) is 0 Å². The van der Waals surface area contributed by atoms with Gasteiger partial charge in [0, 0.05) is 11.3 Å². The molecule has 1 aliphatic heterocycles. The van der Waals surface area contributed by atoms with E-state index in [4.69, 9.17) is 9.84 Å². The molecule has 3 nitrogen and oxygen atoms in total. The molecule has 2 heterocycles. The van der Waals surface area contributed by atoms with Crippen molar-refractivity contribution in [2.24, 2.45) is 0 Å². The lowest BCUT2D eigenvalue weighted by molar-refractivity contribution is 0.0702. The third-order valence-corrected chi connectivity index (χ3v) is 3.06. The summed E-state index contributed by atoms with van der Waals surface area (Å²) in [6.45, 7) is 1.28. The SMILES string of the molecule is O=C(O)c1cc2c(s1)CCOC2. The number of rotatable bonds is 1. The van der Waals surface area contributed by atoms with Crippen molar-refractivity contribution in [1.29, 1.82) is 0 Å². The number of carboxylic acids is 1. The van der Waals surface area contributed by atoms with E-state index in [1.54, 1.807) is 6.07 Å². The fourth-order valence-corrected chi connectivity index (χ4v) is 2.24. The zero-order valence-corrected chi connectivity index (χ0v) is 7.19. The highest BCUT2D eigenvalue weighted by Gasteiger charge is 2.16. The van der Waals surface area contributed by atoms with E-state index in [2.05, 4.69) is 0 Å². The molecule has 0 aliphatic carbocycles. The zero-order chi connectivity index (χ0) is 8.55. The highest BCUT2D eigenvalue weighted by atomic mass is 32.1. The Morgan fingerprint density at radius 1 is 1.67 bits per heavy atom. The van der Waals surface area contributed by atoms with E-state index < -0.39 is 5.97 Å². The smallest absolute Gasteiger partial charge is 0.345 e. The number of fused-ring (bicyclic) bond motifs is 1. The average Bonchev–Trinajstić information content (AvgIpc) is 2.46. The first-order valence-corrected chi connectivity index (χ1v) is 4.51. The first-order chi connectivity index (χ1) is 5.77. The predicted octanol–water partition coefficient (Wildman–Crippen LogP) is 1.52. The molecule has 1 aromatic rings. The molecular weight excluding hydrogens is 176 g/mol. The van der Waals surface area contributed by atoms with Crippen LogP contribution in [0.2, 0.25) is 0 Å². The number of hydrogen-bond acceptors (Lipinski definition) is 3. The van der Waals surface area contributed by atoms with Crippen LogP contribution in [-0.4, -0.2) is 17.7 Å². The minimum absolute atomic E-state index is 0.422. The highest BCUT2D eigenvalue weighted by Crippen LogP contribution is 2.26. The van der Waals surface area contributed by atoms with Gasteiger partial charge in [-0.1, -0.05) is 0 Å². The summed E-state index contributed by atoms with van der Waals surface area (Å²) in [5, 5.41) is 8.70. The zero-order valence-electron chi connectivity index (χ0n) is 6.37. The Hall–Kier alpha value is -0.870. The van der Waals surface area contributed by atoms with E-state index in [9.17, 15) is 4.79 Å². The van der Waals surface area contributed by atoms with Crippen LogP contribution in [0, 0.1) is 0 Å². The number of carboxylic acid groups (broad SMARTS) is 1. The van der Waals surface area contributed by atoms with Crippen molar-refractivity contribution in [2.75, 3.05) is 6.61 Å². The van der Waals surface area contributed by atoms with E-state index in [-0.39, 0.29) is 0 Å². The molecule has 12 heavy (non-hydrogen) atoms. The van der Waals surface area contributed by atoms with Gasteiger partial charge in [0.05, 0.1) is 13.2 Å². The molecule has 0 spiro atoms. The van der Waals surface area contributed by atoms with Gasteiger partial charge < -0.3 is 9.84 Å². The minimum Gasteiger partial charge on any atom is -0.477 e. The number of aromatic carboxylic acids is 1. The van der Waals surface area contributed by atoms with Crippen molar-refractivity contribution in [3.63, 3.8) is 0 Å². The van der Waals surface area contributed by atoms with Crippen molar-refractivity contribution in [3.05, 3.63) is 21.4 Å². The van der Waals surface area contributed by atoms with Crippen LogP contribution in [0.1, 0.15) is 20.1 Å². The van der Waals surface area contributed by atoms with Crippen LogP contribution < -0.4 is 0 Å². The van der Waals surface area contributed by atoms with Gasteiger partial charge in [-0.2, -0.15) is 0 Å². The fourth-order valence-electron chi connectivity index (χ4n) is 1.25. The standard InChI is InChI=1S/C8H8O3S/c9-8(10)7-3-5-4-11-2-1-6(5)12-7/h3H,1-2,4H2,(H,9,10). The molecule has 1 N–H and O–H groups in total. The number of ether oxygens (including phenoxy) is 1. The van der Waals surface area contributed by atoms with E-state index in [1.165, 1.54) is 16.2 Å². The van der Waals surface area contributed by atoms with Crippen LogP contribution in [0.4, 0.5) is 0 Å². The van der Waals surface area contributed by atoms with E-state index in [1.807, 2.05) is 0 Å². The second-order valence-corrected chi connectivity index (χ2v) is 3.80. The molecule has 2 rings (SSSR count). The average molecular weight is 184 g/mol. The molecule has 0 fully saturated rings. The fraction of sp³-hybridized carbons (Fsp3) is 0.375. The van der Waals surface area contributed by atoms with Crippen molar-refractivity contribution < 1.29 is 14.6 Å². The Bertz CT molecular complexity index is 293. The number of hydrogen-bond donors (Lipinski definition) is 1. The van der Waals surface area contributed by atoms with Crippen LogP contribution in [0.15, 0.2) is 6.07 Å². The maximum Gasteiger partial charge on any atom is 0.345 e. The van der Waals surface area contributed by atoms with Gasteiger partial charge in [-0.15, -0.1) is 11.3 Å². The molecular formula is C8H8O3S. The lowest BCUT2D eigenvalue weighted by atomic mass is 10.2. The summed E-state index contributed by atoms with van der Waals surface area (Å²) in [6.07, 6.45) is 0.854. The van der Waals surface area contributed by atoms with Gasteiger partial charge in [-0.3, -0.25) is 0 Å². The van der Waals surface area contributed by atoms with Crippen molar-refractivity contribution in [2.45, 2.75) is 13.0 Å². The summed E-state index contributed by atoms with van der Waals surface area (Å²) in [7, 11) is 0. The second kappa shape index (κ2) is 2.88. The molecule has 1 aromatic heterocycles. The lowest BCUT2D eigenvalue weighted by Gasteiger charge is -2.10.